The second-order valence-electron chi connectivity index (χ2n) is 9.12. The second-order valence-corrected chi connectivity index (χ2v) is 9.12. The van der Waals surface area contributed by atoms with Crippen molar-refractivity contribution >= 4 is 17.7 Å². The molecule has 3 amide bonds. The number of hydrogen-bond donors (Lipinski definition) is 2. The molecule has 1 saturated carbocycles. The Morgan fingerprint density at radius 2 is 1.64 bits per heavy atom. The maximum atomic E-state index is 12.7. The van der Waals surface area contributed by atoms with Gasteiger partial charge in [0.15, 0.2) is 0 Å². The van der Waals surface area contributed by atoms with Crippen molar-refractivity contribution in [1.29, 1.82) is 0 Å². The van der Waals surface area contributed by atoms with Crippen LogP contribution in [-0.2, 0) is 11.3 Å². The van der Waals surface area contributed by atoms with Crippen molar-refractivity contribution in [3.8, 4) is 11.5 Å². The highest BCUT2D eigenvalue weighted by Gasteiger charge is 2.51. The molecule has 2 aromatic carbocycles. The Bertz CT molecular complexity index is 1250. The topological polar surface area (TPSA) is 114 Å². The Labute approximate surface area is 208 Å². The summed E-state index contributed by atoms with van der Waals surface area (Å²) in [5.74, 6) is 0.678. The molecular formula is C27H27N5O4. The average molecular weight is 486 g/mol. The van der Waals surface area contributed by atoms with E-state index in [1.807, 2.05) is 47.4 Å². The lowest BCUT2D eigenvalue weighted by molar-refractivity contribution is -0.124. The predicted molar refractivity (Wildman–Crippen MR) is 131 cm³/mol. The molecule has 2 aliphatic rings. The van der Waals surface area contributed by atoms with E-state index in [-0.39, 0.29) is 17.7 Å². The third-order valence-electron chi connectivity index (χ3n) is 6.45. The van der Waals surface area contributed by atoms with Crippen LogP contribution >= 0.6 is 0 Å². The molecule has 2 heterocycles. The molecular weight excluding hydrogens is 458 g/mol. The number of likely N-dealkylation sites (tertiary alicyclic amines) is 1. The Hall–Kier alpha value is -4.27. The molecule has 1 aromatic heterocycles. The van der Waals surface area contributed by atoms with Crippen LogP contribution < -0.4 is 15.4 Å². The number of hydrogen-bond acceptors (Lipinski definition) is 6. The molecule has 0 spiro atoms. The van der Waals surface area contributed by atoms with E-state index in [9.17, 15) is 14.4 Å². The van der Waals surface area contributed by atoms with Crippen LogP contribution in [0.25, 0.3) is 0 Å². The van der Waals surface area contributed by atoms with Gasteiger partial charge in [-0.15, -0.1) is 0 Å². The molecule has 2 N–H and O–H groups in total. The summed E-state index contributed by atoms with van der Waals surface area (Å²) in [7, 11) is 0. The summed E-state index contributed by atoms with van der Waals surface area (Å²) >= 11 is 0. The minimum absolute atomic E-state index is 0.0331. The van der Waals surface area contributed by atoms with Crippen LogP contribution in [0.2, 0.25) is 0 Å². The summed E-state index contributed by atoms with van der Waals surface area (Å²) in [6.07, 6.45) is 7.46. The molecule has 0 atom stereocenters. The second kappa shape index (κ2) is 10.2. The number of carbonyl (C=O) groups is 3. The van der Waals surface area contributed by atoms with E-state index in [1.54, 1.807) is 6.07 Å². The van der Waals surface area contributed by atoms with Crippen LogP contribution in [0, 0.1) is 0 Å². The molecule has 0 radical (unpaired) electrons. The van der Waals surface area contributed by atoms with E-state index in [0.717, 1.165) is 31.5 Å². The Morgan fingerprint density at radius 3 is 2.33 bits per heavy atom. The third-order valence-corrected chi connectivity index (χ3v) is 6.45. The average Bonchev–Trinajstić information content (AvgIpc) is 3.49. The number of rotatable bonds is 8. The van der Waals surface area contributed by atoms with Crippen LogP contribution in [0.1, 0.15) is 52.0 Å². The van der Waals surface area contributed by atoms with E-state index in [2.05, 4.69) is 20.6 Å². The normalized spacial score (nSPS) is 15.7. The van der Waals surface area contributed by atoms with Gasteiger partial charge in [-0.2, -0.15) is 0 Å². The largest absolute Gasteiger partial charge is 0.457 e. The smallest absolute Gasteiger partial charge is 0.255 e. The lowest BCUT2D eigenvalue weighted by Gasteiger charge is -2.17. The van der Waals surface area contributed by atoms with Crippen LogP contribution in [-0.4, -0.2) is 51.2 Å². The fourth-order valence-corrected chi connectivity index (χ4v) is 4.20. The van der Waals surface area contributed by atoms with Gasteiger partial charge in [0.05, 0.1) is 5.56 Å². The predicted octanol–water partition coefficient (Wildman–Crippen LogP) is 3.08. The molecule has 0 unspecified atom stereocenters. The fraction of sp³-hybridized carbons (Fsp3) is 0.296. The zero-order chi connectivity index (χ0) is 25.0. The van der Waals surface area contributed by atoms with Gasteiger partial charge >= 0.3 is 0 Å². The molecule has 5 rings (SSSR count). The maximum absolute atomic E-state index is 12.7. The lowest BCUT2D eigenvalue weighted by atomic mass is 10.1. The van der Waals surface area contributed by atoms with Gasteiger partial charge < -0.3 is 20.3 Å². The monoisotopic (exact) mass is 485 g/mol. The van der Waals surface area contributed by atoms with Crippen molar-refractivity contribution in [2.24, 2.45) is 0 Å². The summed E-state index contributed by atoms with van der Waals surface area (Å²) in [6, 6.07) is 14.6. The zero-order valence-electron chi connectivity index (χ0n) is 19.8. The number of ether oxygens (including phenoxy) is 1. The van der Waals surface area contributed by atoms with Gasteiger partial charge in [0.1, 0.15) is 23.4 Å². The summed E-state index contributed by atoms with van der Waals surface area (Å²) < 4.78 is 5.95. The molecule has 1 aliphatic heterocycles. The maximum Gasteiger partial charge on any atom is 0.255 e. The number of aromatic nitrogens is 2. The lowest BCUT2D eigenvalue weighted by Crippen LogP contribution is -2.48. The third kappa shape index (κ3) is 5.35. The van der Waals surface area contributed by atoms with Crippen LogP contribution in [0.15, 0.2) is 67.3 Å². The minimum atomic E-state index is -0.881. The number of benzene rings is 2. The van der Waals surface area contributed by atoms with Crippen molar-refractivity contribution < 1.29 is 19.1 Å². The van der Waals surface area contributed by atoms with Crippen LogP contribution in [0.3, 0.4) is 0 Å². The van der Waals surface area contributed by atoms with Crippen molar-refractivity contribution in [3.05, 3.63) is 83.9 Å². The first-order chi connectivity index (χ1) is 17.5. The molecule has 9 heteroatoms. The van der Waals surface area contributed by atoms with E-state index >= 15 is 0 Å². The molecule has 9 nitrogen and oxygen atoms in total. The summed E-state index contributed by atoms with van der Waals surface area (Å²) in [6.45, 7) is 1.93. The Kier molecular flexibility index (Phi) is 6.62. The van der Waals surface area contributed by atoms with Gasteiger partial charge in [0, 0.05) is 37.6 Å². The van der Waals surface area contributed by atoms with Gasteiger partial charge in [-0.3, -0.25) is 14.4 Å². The Balaban J connectivity index is 1.14. The van der Waals surface area contributed by atoms with E-state index in [1.165, 1.54) is 18.7 Å². The highest BCUT2D eigenvalue weighted by molar-refractivity contribution is 6.00. The standard InChI is InChI=1S/C27H27N5O4/c33-24(21-16-28-18-29-17-21)31-27(10-11-27)26(35)30-15-19-6-8-22(9-7-19)36-23-5-3-4-20(14-23)25(34)32-12-1-2-13-32/h3-9,14,16-18H,1-2,10-13,15H2,(H,30,35)(H,31,33). The molecule has 2 fully saturated rings. The first-order valence-electron chi connectivity index (χ1n) is 12.0. The number of nitrogens with zero attached hydrogens (tertiary/aromatic N) is 3. The van der Waals surface area contributed by atoms with Gasteiger partial charge in [0.2, 0.25) is 5.91 Å². The van der Waals surface area contributed by atoms with E-state index < -0.39 is 5.54 Å². The molecule has 36 heavy (non-hydrogen) atoms. The zero-order valence-corrected chi connectivity index (χ0v) is 19.8. The van der Waals surface area contributed by atoms with Crippen molar-refractivity contribution in [2.75, 3.05) is 13.1 Å². The van der Waals surface area contributed by atoms with Gasteiger partial charge in [0.25, 0.3) is 11.8 Å². The quantitative estimate of drug-likeness (QED) is 0.507. The highest BCUT2D eigenvalue weighted by Crippen LogP contribution is 2.36. The van der Waals surface area contributed by atoms with Crippen LogP contribution in [0.4, 0.5) is 0 Å². The molecule has 1 aliphatic carbocycles. The first kappa shape index (κ1) is 23.5. The van der Waals surface area contributed by atoms with Gasteiger partial charge in [-0.05, 0) is 61.6 Å². The number of nitrogens with one attached hydrogen (secondary N) is 2. The number of amides is 3. The summed E-state index contributed by atoms with van der Waals surface area (Å²) in [5, 5.41) is 5.71. The van der Waals surface area contributed by atoms with E-state index in [0.29, 0.717) is 42.0 Å². The van der Waals surface area contributed by atoms with Crippen molar-refractivity contribution in [2.45, 2.75) is 37.8 Å². The highest BCUT2D eigenvalue weighted by atomic mass is 16.5. The minimum Gasteiger partial charge on any atom is -0.457 e. The van der Waals surface area contributed by atoms with E-state index in [4.69, 9.17) is 4.74 Å². The fourth-order valence-electron chi connectivity index (χ4n) is 4.20. The first-order valence-corrected chi connectivity index (χ1v) is 12.0. The SMILES string of the molecule is O=C(NC1(C(=O)NCc2ccc(Oc3cccc(C(=O)N4CCCC4)c3)cc2)CC1)c1cncnc1. The molecule has 1 saturated heterocycles. The van der Waals surface area contributed by atoms with Gasteiger partial charge in [-0.25, -0.2) is 9.97 Å². The van der Waals surface area contributed by atoms with Crippen molar-refractivity contribution in [1.82, 2.24) is 25.5 Å². The molecule has 3 aromatic rings. The van der Waals surface area contributed by atoms with Crippen molar-refractivity contribution in [3.63, 3.8) is 0 Å². The van der Waals surface area contributed by atoms with Crippen LogP contribution in [0.5, 0.6) is 11.5 Å². The number of carbonyl (C=O) groups excluding carboxylic acids is 3. The molecule has 0 bridgehead atoms. The molecule has 184 valence electrons. The Morgan fingerprint density at radius 1 is 0.917 bits per heavy atom. The summed E-state index contributed by atoms with van der Waals surface area (Å²) in [5.41, 5.74) is 0.952. The van der Waals surface area contributed by atoms with Gasteiger partial charge in [-0.1, -0.05) is 18.2 Å². The summed E-state index contributed by atoms with van der Waals surface area (Å²) in [4.78, 5) is 47.3.